The van der Waals surface area contributed by atoms with Gasteiger partial charge in [0.25, 0.3) is 0 Å². The quantitative estimate of drug-likeness (QED) is 0.857. The molecule has 0 fully saturated rings. The van der Waals surface area contributed by atoms with Gasteiger partial charge in [0.1, 0.15) is 0 Å². The lowest BCUT2D eigenvalue weighted by Gasteiger charge is -2.13. The summed E-state index contributed by atoms with van der Waals surface area (Å²) in [6.45, 7) is 2.29. The number of hydrogen-bond donors (Lipinski definition) is 2. The van der Waals surface area contributed by atoms with Crippen LogP contribution >= 0.6 is 0 Å². The van der Waals surface area contributed by atoms with E-state index in [0.717, 1.165) is 23.6 Å². The highest BCUT2D eigenvalue weighted by Gasteiger charge is 2.17. The van der Waals surface area contributed by atoms with E-state index in [1.807, 2.05) is 37.3 Å². The first-order chi connectivity index (χ1) is 9.54. The van der Waals surface area contributed by atoms with E-state index in [4.69, 9.17) is 5.73 Å². The van der Waals surface area contributed by atoms with E-state index in [1.54, 1.807) is 12.1 Å². The molecule has 0 bridgehead atoms. The molecule has 2 aromatic carbocycles. The molecule has 1 unspecified atom stereocenters. The van der Waals surface area contributed by atoms with Crippen LogP contribution in [0.15, 0.2) is 47.4 Å². The molecule has 0 heterocycles. The van der Waals surface area contributed by atoms with Crippen LogP contribution < -0.4 is 10.5 Å². The minimum absolute atomic E-state index is 0.148. The first kappa shape index (κ1) is 15.0. The Bertz CT molecular complexity index is 678. The SMILES string of the molecule is CCCC(N)CNS(=O)(=O)c1cccc2ccccc12. The molecule has 3 N–H and O–H groups in total. The van der Waals surface area contributed by atoms with E-state index in [9.17, 15) is 8.42 Å². The maximum atomic E-state index is 12.4. The molecule has 2 aromatic rings. The predicted octanol–water partition coefficient (Wildman–Crippen LogP) is 2.25. The van der Waals surface area contributed by atoms with Crippen molar-refractivity contribution in [2.75, 3.05) is 6.54 Å². The Hall–Kier alpha value is -1.43. The number of fused-ring (bicyclic) bond motifs is 1. The zero-order chi connectivity index (χ0) is 14.6. The summed E-state index contributed by atoms with van der Waals surface area (Å²) < 4.78 is 27.4. The Kier molecular flexibility index (Phi) is 4.75. The maximum absolute atomic E-state index is 12.4. The predicted molar refractivity (Wildman–Crippen MR) is 82.0 cm³/mol. The molecule has 0 saturated heterocycles. The summed E-state index contributed by atoms with van der Waals surface area (Å²) >= 11 is 0. The van der Waals surface area contributed by atoms with Crippen molar-refractivity contribution in [3.8, 4) is 0 Å². The molecular formula is C15H20N2O2S. The van der Waals surface area contributed by atoms with Gasteiger partial charge in [-0.2, -0.15) is 0 Å². The third-order valence-electron chi connectivity index (χ3n) is 3.23. The van der Waals surface area contributed by atoms with E-state index in [0.29, 0.717) is 4.90 Å². The minimum Gasteiger partial charge on any atom is -0.327 e. The summed E-state index contributed by atoms with van der Waals surface area (Å²) in [5, 5.41) is 1.64. The van der Waals surface area contributed by atoms with Crippen molar-refractivity contribution < 1.29 is 8.42 Å². The summed E-state index contributed by atoms with van der Waals surface area (Å²) in [5.41, 5.74) is 5.86. The normalized spacial score (nSPS) is 13.5. The van der Waals surface area contributed by atoms with Gasteiger partial charge in [0.05, 0.1) is 4.90 Å². The van der Waals surface area contributed by atoms with Crippen LogP contribution in [0.5, 0.6) is 0 Å². The zero-order valence-corrected chi connectivity index (χ0v) is 12.4. The van der Waals surface area contributed by atoms with E-state index < -0.39 is 10.0 Å². The van der Waals surface area contributed by atoms with Crippen LogP contribution in [0.25, 0.3) is 10.8 Å². The lowest BCUT2D eigenvalue weighted by Crippen LogP contribution is -2.37. The fourth-order valence-electron chi connectivity index (χ4n) is 2.20. The zero-order valence-electron chi connectivity index (χ0n) is 11.5. The molecule has 0 aliphatic heterocycles. The monoisotopic (exact) mass is 292 g/mol. The number of benzene rings is 2. The van der Waals surface area contributed by atoms with Crippen LogP contribution in [-0.4, -0.2) is 21.0 Å². The lowest BCUT2D eigenvalue weighted by molar-refractivity contribution is 0.553. The molecule has 4 nitrogen and oxygen atoms in total. The topological polar surface area (TPSA) is 72.2 Å². The highest BCUT2D eigenvalue weighted by Crippen LogP contribution is 2.22. The summed E-state index contributed by atoms with van der Waals surface area (Å²) in [6, 6.07) is 12.6. The summed E-state index contributed by atoms with van der Waals surface area (Å²) in [5.74, 6) is 0. The van der Waals surface area contributed by atoms with E-state index in [-0.39, 0.29) is 12.6 Å². The van der Waals surface area contributed by atoms with E-state index >= 15 is 0 Å². The van der Waals surface area contributed by atoms with Gasteiger partial charge >= 0.3 is 0 Å². The maximum Gasteiger partial charge on any atom is 0.241 e. The summed E-state index contributed by atoms with van der Waals surface area (Å²) in [4.78, 5) is 0.305. The number of rotatable bonds is 6. The minimum atomic E-state index is -3.53. The third kappa shape index (κ3) is 3.36. The largest absolute Gasteiger partial charge is 0.327 e. The molecule has 0 aromatic heterocycles. The molecule has 0 amide bonds. The van der Waals surface area contributed by atoms with Gasteiger partial charge in [0.15, 0.2) is 0 Å². The van der Waals surface area contributed by atoms with Gasteiger partial charge in [0, 0.05) is 18.0 Å². The fraction of sp³-hybridized carbons (Fsp3) is 0.333. The third-order valence-corrected chi connectivity index (χ3v) is 4.72. The second-order valence-corrected chi connectivity index (χ2v) is 6.61. The van der Waals surface area contributed by atoms with Crippen LogP contribution in [0, 0.1) is 0 Å². The molecule has 108 valence electrons. The van der Waals surface area contributed by atoms with Crippen molar-refractivity contribution in [1.82, 2.24) is 4.72 Å². The van der Waals surface area contributed by atoms with E-state index in [1.165, 1.54) is 0 Å². The van der Waals surface area contributed by atoms with Crippen molar-refractivity contribution in [3.05, 3.63) is 42.5 Å². The highest BCUT2D eigenvalue weighted by molar-refractivity contribution is 7.89. The first-order valence-electron chi connectivity index (χ1n) is 6.77. The Morgan fingerprint density at radius 1 is 1.15 bits per heavy atom. The van der Waals surface area contributed by atoms with Crippen molar-refractivity contribution in [2.24, 2.45) is 5.73 Å². The summed E-state index contributed by atoms with van der Waals surface area (Å²) in [6.07, 6.45) is 1.75. The van der Waals surface area contributed by atoms with Crippen molar-refractivity contribution in [3.63, 3.8) is 0 Å². The molecule has 20 heavy (non-hydrogen) atoms. The average molecular weight is 292 g/mol. The average Bonchev–Trinajstić information content (AvgIpc) is 2.45. The van der Waals surface area contributed by atoms with Gasteiger partial charge in [-0.1, -0.05) is 49.7 Å². The number of sulfonamides is 1. The number of nitrogens with one attached hydrogen (secondary N) is 1. The second kappa shape index (κ2) is 6.35. The molecule has 1 atom stereocenters. The molecule has 0 spiro atoms. The van der Waals surface area contributed by atoms with Crippen molar-refractivity contribution in [1.29, 1.82) is 0 Å². The van der Waals surface area contributed by atoms with Crippen LogP contribution in [0.1, 0.15) is 19.8 Å². The standard InChI is InChI=1S/C15H20N2O2S/c1-2-6-13(16)11-17-20(18,19)15-10-5-8-12-7-3-4-9-14(12)15/h3-5,7-10,13,17H,2,6,11,16H2,1H3. The Morgan fingerprint density at radius 3 is 2.60 bits per heavy atom. The Morgan fingerprint density at radius 2 is 1.85 bits per heavy atom. The van der Waals surface area contributed by atoms with Crippen LogP contribution in [0.2, 0.25) is 0 Å². The smallest absolute Gasteiger partial charge is 0.241 e. The van der Waals surface area contributed by atoms with Crippen molar-refractivity contribution >= 4 is 20.8 Å². The van der Waals surface area contributed by atoms with Crippen LogP contribution in [0.3, 0.4) is 0 Å². The van der Waals surface area contributed by atoms with Gasteiger partial charge in [0.2, 0.25) is 10.0 Å². The molecule has 0 aliphatic carbocycles. The fourth-order valence-corrected chi connectivity index (χ4v) is 3.52. The van der Waals surface area contributed by atoms with Gasteiger partial charge in [-0.3, -0.25) is 0 Å². The molecule has 0 saturated carbocycles. The second-order valence-electron chi connectivity index (χ2n) is 4.88. The number of hydrogen-bond acceptors (Lipinski definition) is 3. The van der Waals surface area contributed by atoms with Crippen LogP contribution in [0.4, 0.5) is 0 Å². The first-order valence-corrected chi connectivity index (χ1v) is 8.26. The van der Waals surface area contributed by atoms with Gasteiger partial charge in [-0.15, -0.1) is 0 Å². The number of nitrogens with two attached hydrogens (primary N) is 1. The molecule has 0 aliphatic rings. The molecular weight excluding hydrogens is 272 g/mol. The van der Waals surface area contributed by atoms with Gasteiger partial charge in [-0.05, 0) is 17.9 Å². The Balaban J connectivity index is 2.28. The van der Waals surface area contributed by atoms with Gasteiger partial charge < -0.3 is 5.73 Å². The van der Waals surface area contributed by atoms with E-state index in [2.05, 4.69) is 4.72 Å². The lowest BCUT2D eigenvalue weighted by atomic mass is 10.1. The molecule has 2 rings (SSSR count). The molecule has 5 heteroatoms. The highest BCUT2D eigenvalue weighted by atomic mass is 32.2. The molecule has 0 radical (unpaired) electrons. The summed E-state index contributed by atoms with van der Waals surface area (Å²) in [7, 11) is -3.53. The van der Waals surface area contributed by atoms with Gasteiger partial charge in [-0.25, -0.2) is 13.1 Å². The van der Waals surface area contributed by atoms with Crippen LogP contribution in [-0.2, 0) is 10.0 Å². The van der Waals surface area contributed by atoms with Crippen molar-refractivity contribution in [2.45, 2.75) is 30.7 Å². The Labute approximate surface area is 120 Å².